The number of nitrogens with one attached hydrogen (secondary N) is 2. The molecule has 0 aliphatic carbocycles. The third-order valence-electron chi connectivity index (χ3n) is 3.72. The summed E-state index contributed by atoms with van der Waals surface area (Å²) >= 11 is 6.06. The first kappa shape index (κ1) is 17.9. The normalized spacial score (nSPS) is 10.5. The Balaban J connectivity index is 1.68. The van der Waals surface area contributed by atoms with E-state index in [0.29, 0.717) is 29.6 Å². The van der Waals surface area contributed by atoms with Crippen molar-refractivity contribution in [2.45, 2.75) is 19.9 Å². The summed E-state index contributed by atoms with van der Waals surface area (Å²) in [6.07, 6.45) is 4.27. The first-order valence-corrected chi connectivity index (χ1v) is 8.70. The number of halogens is 1. The molecule has 1 aromatic carbocycles. The molecule has 3 rings (SSSR count). The third kappa shape index (κ3) is 4.40. The van der Waals surface area contributed by atoms with Gasteiger partial charge in [0, 0.05) is 35.1 Å². The fraction of sp³-hybridized carbons (Fsp3) is 0.211. The van der Waals surface area contributed by atoms with Gasteiger partial charge >= 0.3 is 0 Å². The van der Waals surface area contributed by atoms with Gasteiger partial charge in [0.2, 0.25) is 0 Å². The second kappa shape index (κ2) is 8.49. The summed E-state index contributed by atoms with van der Waals surface area (Å²) in [6.45, 7) is 2.95. The molecule has 7 heteroatoms. The van der Waals surface area contributed by atoms with Crippen LogP contribution in [0.1, 0.15) is 29.4 Å². The van der Waals surface area contributed by atoms with E-state index >= 15 is 0 Å². The molecule has 0 bridgehead atoms. The van der Waals surface area contributed by atoms with Crippen molar-refractivity contribution in [2.75, 3.05) is 6.61 Å². The van der Waals surface area contributed by atoms with E-state index in [1.54, 1.807) is 30.6 Å². The van der Waals surface area contributed by atoms with Crippen molar-refractivity contribution >= 4 is 17.5 Å². The summed E-state index contributed by atoms with van der Waals surface area (Å²) in [5.74, 6) is 0.470. The lowest BCUT2D eigenvalue weighted by atomic mass is 10.2. The second-order valence-electron chi connectivity index (χ2n) is 5.69. The van der Waals surface area contributed by atoms with Crippen LogP contribution in [0, 0.1) is 0 Å². The summed E-state index contributed by atoms with van der Waals surface area (Å²) in [4.78, 5) is 16.4. The summed E-state index contributed by atoms with van der Waals surface area (Å²) in [5, 5.41) is 10.4. The van der Waals surface area contributed by atoms with Gasteiger partial charge in [-0.2, -0.15) is 5.10 Å². The van der Waals surface area contributed by atoms with Crippen LogP contribution in [-0.4, -0.2) is 27.7 Å². The highest BCUT2D eigenvalue weighted by Crippen LogP contribution is 2.23. The van der Waals surface area contributed by atoms with Gasteiger partial charge in [0.25, 0.3) is 5.91 Å². The summed E-state index contributed by atoms with van der Waals surface area (Å²) in [6, 6.07) is 10.8. The SMILES string of the molecule is CCCOc1ccc(Cl)cc1CNC(=O)c1cc(-c2ccncc2)n[nH]1. The van der Waals surface area contributed by atoms with E-state index in [9.17, 15) is 4.79 Å². The highest BCUT2D eigenvalue weighted by Gasteiger charge is 2.12. The molecule has 0 spiro atoms. The molecule has 26 heavy (non-hydrogen) atoms. The largest absolute Gasteiger partial charge is 0.493 e. The number of rotatable bonds is 7. The van der Waals surface area contributed by atoms with Crippen LogP contribution in [0.25, 0.3) is 11.3 Å². The number of pyridine rings is 1. The Kier molecular flexibility index (Phi) is 5.86. The molecule has 2 aromatic heterocycles. The number of aromatic nitrogens is 3. The minimum absolute atomic E-state index is 0.251. The maximum absolute atomic E-state index is 12.4. The molecule has 0 unspecified atom stereocenters. The summed E-state index contributed by atoms with van der Waals surface area (Å²) < 4.78 is 5.71. The Bertz CT molecular complexity index is 880. The lowest BCUT2D eigenvalue weighted by Gasteiger charge is -2.12. The van der Waals surface area contributed by atoms with Gasteiger partial charge in [0.05, 0.1) is 12.3 Å². The Hall–Kier alpha value is -2.86. The number of hydrogen-bond acceptors (Lipinski definition) is 4. The molecule has 3 aromatic rings. The fourth-order valence-electron chi connectivity index (χ4n) is 2.42. The Morgan fingerprint density at radius 1 is 1.23 bits per heavy atom. The minimum Gasteiger partial charge on any atom is -0.493 e. The van der Waals surface area contributed by atoms with Crippen molar-refractivity contribution in [3.05, 3.63) is 65.1 Å². The summed E-state index contributed by atoms with van der Waals surface area (Å²) in [7, 11) is 0. The van der Waals surface area contributed by atoms with Gasteiger partial charge in [-0.15, -0.1) is 0 Å². The first-order valence-electron chi connectivity index (χ1n) is 8.32. The maximum Gasteiger partial charge on any atom is 0.269 e. The van der Waals surface area contributed by atoms with E-state index in [1.165, 1.54) is 0 Å². The van der Waals surface area contributed by atoms with E-state index in [4.69, 9.17) is 16.3 Å². The molecule has 0 radical (unpaired) electrons. The Morgan fingerprint density at radius 2 is 2.04 bits per heavy atom. The van der Waals surface area contributed by atoms with Crippen molar-refractivity contribution in [2.24, 2.45) is 0 Å². The van der Waals surface area contributed by atoms with Gasteiger partial charge in [-0.25, -0.2) is 0 Å². The van der Waals surface area contributed by atoms with E-state index in [0.717, 1.165) is 23.3 Å². The zero-order valence-corrected chi connectivity index (χ0v) is 15.1. The molecular formula is C19H19ClN4O2. The molecule has 134 valence electrons. The van der Waals surface area contributed by atoms with Crippen molar-refractivity contribution in [1.82, 2.24) is 20.5 Å². The van der Waals surface area contributed by atoms with Gasteiger partial charge in [-0.3, -0.25) is 14.9 Å². The van der Waals surface area contributed by atoms with Crippen LogP contribution in [0.15, 0.2) is 48.8 Å². The predicted molar refractivity (Wildman–Crippen MR) is 100 cm³/mol. The topological polar surface area (TPSA) is 79.9 Å². The fourth-order valence-corrected chi connectivity index (χ4v) is 2.61. The molecule has 0 aliphatic heterocycles. The number of carbonyl (C=O) groups is 1. The smallest absolute Gasteiger partial charge is 0.269 e. The number of H-pyrrole nitrogens is 1. The monoisotopic (exact) mass is 370 g/mol. The van der Waals surface area contributed by atoms with Crippen molar-refractivity contribution in [1.29, 1.82) is 0 Å². The van der Waals surface area contributed by atoms with E-state index < -0.39 is 0 Å². The zero-order valence-electron chi connectivity index (χ0n) is 14.3. The number of ether oxygens (including phenoxy) is 1. The molecule has 0 saturated heterocycles. The van der Waals surface area contributed by atoms with Gasteiger partial charge in [-0.05, 0) is 42.8 Å². The maximum atomic E-state index is 12.4. The van der Waals surface area contributed by atoms with Crippen LogP contribution in [0.5, 0.6) is 5.75 Å². The highest BCUT2D eigenvalue weighted by atomic mass is 35.5. The van der Waals surface area contributed by atoms with Crippen LogP contribution in [-0.2, 0) is 6.54 Å². The van der Waals surface area contributed by atoms with Gasteiger partial charge in [0.1, 0.15) is 11.4 Å². The Morgan fingerprint density at radius 3 is 2.81 bits per heavy atom. The summed E-state index contributed by atoms with van der Waals surface area (Å²) in [5.41, 5.74) is 2.79. The molecule has 0 fully saturated rings. The van der Waals surface area contributed by atoms with Crippen molar-refractivity contribution in [3.8, 4) is 17.0 Å². The van der Waals surface area contributed by atoms with E-state index in [1.807, 2.05) is 25.1 Å². The number of amides is 1. The average molecular weight is 371 g/mol. The van der Waals surface area contributed by atoms with E-state index in [2.05, 4.69) is 20.5 Å². The third-order valence-corrected chi connectivity index (χ3v) is 3.96. The van der Waals surface area contributed by atoms with Crippen LogP contribution >= 0.6 is 11.6 Å². The molecule has 0 saturated carbocycles. The number of nitrogens with zero attached hydrogens (tertiary/aromatic N) is 2. The lowest BCUT2D eigenvalue weighted by Crippen LogP contribution is -2.23. The second-order valence-corrected chi connectivity index (χ2v) is 6.12. The van der Waals surface area contributed by atoms with Crippen LogP contribution in [0.2, 0.25) is 5.02 Å². The molecule has 1 amide bonds. The quantitative estimate of drug-likeness (QED) is 0.662. The molecule has 2 N–H and O–H groups in total. The highest BCUT2D eigenvalue weighted by molar-refractivity contribution is 6.30. The first-order chi connectivity index (χ1) is 12.7. The standard InChI is InChI=1S/C19H19ClN4O2/c1-2-9-26-18-4-3-15(20)10-14(18)12-22-19(25)17-11-16(23-24-17)13-5-7-21-8-6-13/h3-8,10-11H,2,9,12H2,1H3,(H,22,25)(H,23,24). The molecule has 0 atom stereocenters. The number of carbonyl (C=O) groups excluding carboxylic acids is 1. The van der Waals surface area contributed by atoms with Crippen LogP contribution < -0.4 is 10.1 Å². The average Bonchev–Trinajstić information content (AvgIpc) is 3.16. The van der Waals surface area contributed by atoms with Crippen LogP contribution in [0.4, 0.5) is 0 Å². The number of benzene rings is 1. The molecule has 2 heterocycles. The molecular weight excluding hydrogens is 352 g/mol. The molecule has 0 aliphatic rings. The lowest BCUT2D eigenvalue weighted by molar-refractivity contribution is 0.0945. The Labute approximate surface area is 156 Å². The predicted octanol–water partition coefficient (Wildman–Crippen LogP) is 3.84. The van der Waals surface area contributed by atoms with Crippen molar-refractivity contribution in [3.63, 3.8) is 0 Å². The van der Waals surface area contributed by atoms with E-state index in [-0.39, 0.29) is 5.91 Å². The van der Waals surface area contributed by atoms with Crippen molar-refractivity contribution < 1.29 is 9.53 Å². The van der Waals surface area contributed by atoms with Gasteiger partial charge in [-0.1, -0.05) is 18.5 Å². The zero-order chi connectivity index (χ0) is 18.4. The van der Waals surface area contributed by atoms with Gasteiger partial charge in [0.15, 0.2) is 0 Å². The number of hydrogen-bond donors (Lipinski definition) is 2. The van der Waals surface area contributed by atoms with Gasteiger partial charge < -0.3 is 10.1 Å². The number of aromatic amines is 1. The van der Waals surface area contributed by atoms with Crippen LogP contribution in [0.3, 0.4) is 0 Å². The minimum atomic E-state index is -0.251. The molecule has 6 nitrogen and oxygen atoms in total.